The minimum absolute atomic E-state index is 0.376. The molecule has 6 heteroatoms. The van der Waals surface area contributed by atoms with Crippen LogP contribution >= 0.6 is 31.9 Å². The maximum absolute atomic E-state index is 11.6. The molecule has 0 aliphatic heterocycles. The van der Waals surface area contributed by atoms with E-state index >= 15 is 0 Å². The number of amides is 2. The molecule has 0 radical (unpaired) electrons. The van der Waals surface area contributed by atoms with E-state index < -0.39 is 10.7 Å². The van der Waals surface area contributed by atoms with Crippen molar-refractivity contribution in [2.75, 3.05) is 11.1 Å². The summed E-state index contributed by atoms with van der Waals surface area (Å²) in [5.41, 5.74) is 6.46. The van der Waals surface area contributed by atoms with Gasteiger partial charge >= 0.3 is 0 Å². The van der Waals surface area contributed by atoms with Gasteiger partial charge in [0.1, 0.15) is 4.83 Å². The van der Waals surface area contributed by atoms with Crippen LogP contribution in [0.4, 0.5) is 5.69 Å². The number of nitrogens with one attached hydrogen (secondary N) is 1. The third kappa shape index (κ3) is 3.61. The van der Waals surface area contributed by atoms with Gasteiger partial charge in [0.2, 0.25) is 5.91 Å². The summed E-state index contributed by atoms with van der Waals surface area (Å²) in [5.74, 6) is -0.811. The number of imide groups is 1. The Hall–Kier alpha value is -0.880. The Morgan fingerprint density at radius 3 is 2.38 bits per heavy atom. The van der Waals surface area contributed by atoms with E-state index in [1.165, 1.54) is 0 Å². The number of anilines is 1. The number of nitrogens with two attached hydrogens (primary N) is 1. The van der Waals surface area contributed by atoms with E-state index in [1.54, 1.807) is 24.3 Å². The molecule has 16 heavy (non-hydrogen) atoms. The van der Waals surface area contributed by atoms with Crippen molar-refractivity contribution < 1.29 is 9.59 Å². The average molecular weight is 350 g/mol. The van der Waals surface area contributed by atoms with Crippen LogP contribution in [0, 0.1) is 0 Å². The lowest BCUT2D eigenvalue weighted by Gasteiger charge is -2.07. The van der Waals surface area contributed by atoms with Gasteiger partial charge in [-0.3, -0.25) is 14.9 Å². The summed E-state index contributed by atoms with van der Waals surface area (Å²) in [6.45, 7) is 0. The van der Waals surface area contributed by atoms with Crippen molar-refractivity contribution in [3.05, 3.63) is 29.8 Å². The van der Waals surface area contributed by atoms with Gasteiger partial charge in [-0.05, 0) is 24.3 Å². The SMILES string of the molecule is Nc1ccc(C(=O)NC(=O)C(Br)CBr)cc1. The normalized spacial score (nSPS) is 11.9. The summed E-state index contributed by atoms with van der Waals surface area (Å²) < 4.78 is 0. The summed E-state index contributed by atoms with van der Waals surface area (Å²) in [6.07, 6.45) is 0. The van der Waals surface area contributed by atoms with E-state index in [2.05, 4.69) is 37.2 Å². The van der Waals surface area contributed by atoms with Crippen molar-refractivity contribution in [2.45, 2.75) is 4.83 Å². The lowest BCUT2D eigenvalue weighted by molar-refractivity contribution is -0.119. The van der Waals surface area contributed by atoms with Crippen LogP contribution in [-0.4, -0.2) is 22.0 Å². The Morgan fingerprint density at radius 2 is 1.88 bits per heavy atom. The van der Waals surface area contributed by atoms with Crippen LogP contribution in [-0.2, 0) is 4.79 Å². The van der Waals surface area contributed by atoms with E-state index in [9.17, 15) is 9.59 Å². The highest BCUT2D eigenvalue weighted by Gasteiger charge is 2.16. The second-order valence-electron chi connectivity index (χ2n) is 3.06. The minimum atomic E-state index is -0.435. The lowest BCUT2D eigenvalue weighted by atomic mass is 10.2. The molecule has 0 aromatic heterocycles. The van der Waals surface area contributed by atoms with Crippen molar-refractivity contribution in [2.24, 2.45) is 0 Å². The number of nitrogen functional groups attached to an aromatic ring is 1. The highest BCUT2D eigenvalue weighted by atomic mass is 79.9. The van der Waals surface area contributed by atoms with Gasteiger partial charge in [-0.15, -0.1) is 0 Å². The topological polar surface area (TPSA) is 72.2 Å². The van der Waals surface area contributed by atoms with Crippen LogP contribution in [0.2, 0.25) is 0 Å². The highest BCUT2D eigenvalue weighted by Crippen LogP contribution is 2.07. The van der Waals surface area contributed by atoms with Crippen molar-refractivity contribution in [1.29, 1.82) is 0 Å². The van der Waals surface area contributed by atoms with E-state index in [0.29, 0.717) is 16.6 Å². The molecule has 0 aliphatic rings. The first kappa shape index (κ1) is 13.2. The number of hydrogen-bond donors (Lipinski definition) is 2. The van der Waals surface area contributed by atoms with Gasteiger partial charge in [0.05, 0.1) is 0 Å². The van der Waals surface area contributed by atoms with Crippen LogP contribution in [0.25, 0.3) is 0 Å². The number of carbonyl (C=O) groups is 2. The third-order valence-electron chi connectivity index (χ3n) is 1.83. The highest BCUT2D eigenvalue weighted by molar-refractivity contribution is 9.12. The summed E-state index contributed by atoms with van der Waals surface area (Å²) in [4.78, 5) is 22.5. The summed E-state index contributed by atoms with van der Waals surface area (Å²) >= 11 is 6.26. The number of alkyl halides is 2. The molecule has 0 fully saturated rings. The number of rotatable bonds is 3. The monoisotopic (exact) mass is 348 g/mol. The molecule has 1 aromatic rings. The molecule has 0 bridgehead atoms. The minimum Gasteiger partial charge on any atom is -0.399 e. The fourth-order valence-corrected chi connectivity index (χ4v) is 1.38. The van der Waals surface area contributed by atoms with Crippen molar-refractivity contribution in [1.82, 2.24) is 5.32 Å². The molecule has 1 atom stereocenters. The van der Waals surface area contributed by atoms with Gasteiger partial charge in [-0.1, -0.05) is 31.9 Å². The molecular formula is C10H10Br2N2O2. The Kier molecular flexibility index (Phi) is 4.95. The molecule has 0 spiro atoms. The summed E-state index contributed by atoms with van der Waals surface area (Å²) in [6, 6.07) is 6.34. The first-order valence-corrected chi connectivity index (χ1v) is 6.49. The van der Waals surface area contributed by atoms with E-state index in [-0.39, 0.29) is 5.91 Å². The van der Waals surface area contributed by atoms with Crippen molar-refractivity contribution in [3.8, 4) is 0 Å². The Bertz CT molecular complexity index is 392. The fourth-order valence-electron chi connectivity index (χ4n) is 0.967. The van der Waals surface area contributed by atoms with Gasteiger partial charge < -0.3 is 5.73 Å². The van der Waals surface area contributed by atoms with Gasteiger partial charge in [0.25, 0.3) is 5.91 Å². The first-order valence-electron chi connectivity index (χ1n) is 4.45. The van der Waals surface area contributed by atoms with Crippen LogP contribution < -0.4 is 11.1 Å². The summed E-state index contributed by atoms with van der Waals surface area (Å²) in [7, 11) is 0. The average Bonchev–Trinajstić information content (AvgIpc) is 2.28. The molecular weight excluding hydrogens is 340 g/mol. The Balaban J connectivity index is 2.66. The van der Waals surface area contributed by atoms with E-state index in [1.807, 2.05) is 0 Å². The fraction of sp³-hybridized carbons (Fsp3) is 0.200. The Morgan fingerprint density at radius 1 is 1.31 bits per heavy atom. The van der Waals surface area contributed by atoms with E-state index in [4.69, 9.17) is 5.73 Å². The van der Waals surface area contributed by atoms with Crippen molar-refractivity contribution in [3.63, 3.8) is 0 Å². The maximum atomic E-state index is 11.6. The number of hydrogen-bond acceptors (Lipinski definition) is 3. The lowest BCUT2D eigenvalue weighted by Crippen LogP contribution is -2.36. The van der Waals surface area contributed by atoms with Gasteiger partial charge in [0, 0.05) is 16.6 Å². The molecule has 0 saturated heterocycles. The first-order chi connectivity index (χ1) is 7.54. The number of benzene rings is 1. The van der Waals surface area contributed by atoms with Crippen LogP contribution in [0.3, 0.4) is 0 Å². The zero-order chi connectivity index (χ0) is 12.1. The largest absolute Gasteiger partial charge is 0.399 e. The quantitative estimate of drug-likeness (QED) is 0.644. The maximum Gasteiger partial charge on any atom is 0.257 e. The molecule has 3 N–H and O–H groups in total. The zero-order valence-electron chi connectivity index (χ0n) is 8.24. The number of carbonyl (C=O) groups excluding carboxylic acids is 2. The third-order valence-corrected chi connectivity index (χ3v) is 4.09. The standard InChI is InChI=1S/C10H10Br2N2O2/c11-5-8(12)10(16)14-9(15)6-1-3-7(13)4-2-6/h1-4,8H,5,13H2,(H,14,15,16). The second kappa shape index (κ2) is 6.00. The van der Waals surface area contributed by atoms with Gasteiger partial charge in [0.15, 0.2) is 0 Å². The summed E-state index contributed by atoms with van der Waals surface area (Å²) in [5, 5.41) is 2.71. The second-order valence-corrected chi connectivity index (χ2v) is 4.82. The van der Waals surface area contributed by atoms with Crippen molar-refractivity contribution >= 4 is 49.4 Å². The van der Waals surface area contributed by atoms with Gasteiger partial charge in [-0.25, -0.2) is 0 Å². The molecule has 1 aromatic carbocycles. The van der Waals surface area contributed by atoms with Crippen LogP contribution in [0.1, 0.15) is 10.4 Å². The Labute approximate surface area is 110 Å². The smallest absolute Gasteiger partial charge is 0.257 e. The van der Waals surface area contributed by atoms with Crippen LogP contribution in [0.15, 0.2) is 24.3 Å². The molecule has 2 amide bonds. The molecule has 4 nitrogen and oxygen atoms in total. The van der Waals surface area contributed by atoms with E-state index in [0.717, 1.165) is 0 Å². The van der Waals surface area contributed by atoms with Crippen LogP contribution in [0.5, 0.6) is 0 Å². The predicted octanol–water partition coefficient (Wildman–Crippen LogP) is 1.68. The van der Waals surface area contributed by atoms with Gasteiger partial charge in [-0.2, -0.15) is 0 Å². The molecule has 1 rings (SSSR count). The molecule has 0 heterocycles. The predicted molar refractivity (Wildman–Crippen MR) is 69.8 cm³/mol. The molecule has 0 saturated carbocycles. The number of halogens is 2. The molecule has 86 valence electrons. The molecule has 0 aliphatic carbocycles. The zero-order valence-corrected chi connectivity index (χ0v) is 11.4. The molecule has 1 unspecified atom stereocenters.